The molecule has 0 aliphatic rings. The summed E-state index contributed by atoms with van der Waals surface area (Å²) in [5, 5.41) is 0.760. The maximum absolute atomic E-state index is 11.8. The molecule has 0 saturated carbocycles. The number of hydrogen-bond donors (Lipinski definition) is 0. The van der Waals surface area contributed by atoms with Crippen LogP contribution < -0.4 is 0 Å². The molecule has 82 valence electrons. The van der Waals surface area contributed by atoms with Gasteiger partial charge in [0.2, 0.25) is 0 Å². The molecule has 0 unspecified atom stereocenters. The summed E-state index contributed by atoms with van der Waals surface area (Å²) >= 11 is 6.05. The molecule has 0 bridgehead atoms. The Labute approximate surface area is 96.5 Å². The first-order valence-corrected chi connectivity index (χ1v) is 5.59. The van der Waals surface area contributed by atoms with Crippen molar-refractivity contribution in [2.24, 2.45) is 5.92 Å². The quantitative estimate of drug-likeness (QED) is 0.704. The normalized spacial score (nSPS) is 10.8. The SMILES string of the molecule is Cc1cc(C(=O)CC(C)C)cc(C)c1Cl. The summed E-state index contributed by atoms with van der Waals surface area (Å²) in [6.07, 6.45) is 0.598. The van der Waals surface area contributed by atoms with Gasteiger partial charge in [0.1, 0.15) is 0 Å². The van der Waals surface area contributed by atoms with Crippen LogP contribution in [0.25, 0.3) is 0 Å². The van der Waals surface area contributed by atoms with Crippen LogP contribution in [0.5, 0.6) is 0 Å². The third-order valence-corrected chi connectivity index (χ3v) is 2.95. The molecule has 0 heterocycles. The van der Waals surface area contributed by atoms with E-state index in [1.807, 2.05) is 39.8 Å². The monoisotopic (exact) mass is 224 g/mol. The second kappa shape index (κ2) is 4.80. The van der Waals surface area contributed by atoms with Gasteiger partial charge in [0.15, 0.2) is 5.78 Å². The highest BCUT2D eigenvalue weighted by Gasteiger charge is 2.11. The van der Waals surface area contributed by atoms with E-state index in [1.54, 1.807) is 0 Å². The predicted octanol–water partition coefficient (Wildman–Crippen LogP) is 4.19. The zero-order valence-corrected chi connectivity index (χ0v) is 10.5. The van der Waals surface area contributed by atoms with Crippen LogP contribution in [-0.2, 0) is 0 Å². The van der Waals surface area contributed by atoms with Gasteiger partial charge in [0, 0.05) is 17.0 Å². The highest BCUT2D eigenvalue weighted by Crippen LogP contribution is 2.23. The topological polar surface area (TPSA) is 17.1 Å². The number of rotatable bonds is 3. The van der Waals surface area contributed by atoms with Crippen LogP contribution >= 0.6 is 11.6 Å². The lowest BCUT2D eigenvalue weighted by molar-refractivity contribution is 0.0967. The summed E-state index contributed by atoms with van der Waals surface area (Å²) in [6, 6.07) is 3.75. The molecule has 0 atom stereocenters. The summed E-state index contributed by atoms with van der Waals surface area (Å²) < 4.78 is 0. The van der Waals surface area contributed by atoms with Crippen molar-refractivity contribution in [3.63, 3.8) is 0 Å². The zero-order chi connectivity index (χ0) is 11.6. The Morgan fingerprint density at radius 1 is 1.27 bits per heavy atom. The van der Waals surface area contributed by atoms with Crippen molar-refractivity contribution < 1.29 is 4.79 Å². The number of carbonyl (C=O) groups is 1. The van der Waals surface area contributed by atoms with Gasteiger partial charge in [-0.2, -0.15) is 0 Å². The van der Waals surface area contributed by atoms with Crippen LogP contribution in [0.4, 0.5) is 0 Å². The van der Waals surface area contributed by atoms with Crippen molar-refractivity contribution >= 4 is 17.4 Å². The Balaban J connectivity index is 3.01. The molecule has 0 radical (unpaired) electrons. The molecule has 1 rings (SSSR count). The van der Waals surface area contributed by atoms with Gasteiger partial charge in [-0.05, 0) is 43.0 Å². The Hall–Kier alpha value is -0.820. The minimum atomic E-state index is 0.202. The van der Waals surface area contributed by atoms with E-state index in [0.29, 0.717) is 12.3 Å². The van der Waals surface area contributed by atoms with Crippen LogP contribution in [0.2, 0.25) is 5.02 Å². The first-order valence-electron chi connectivity index (χ1n) is 5.21. The molecule has 15 heavy (non-hydrogen) atoms. The highest BCUT2D eigenvalue weighted by molar-refractivity contribution is 6.32. The molecule has 1 nitrogen and oxygen atoms in total. The summed E-state index contributed by atoms with van der Waals surface area (Å²) in [7, 11) is 0. The van der Waals surface area contributed by atoms with Gasteiger partial charge >= 0.3 is 0 Å². The summed E-state index contributed by atoms with van der Waals surface area (Å²) in [5.74, 6) is 0.599. The van der Waals surface area contributed by atoms with Crippen molar-refractivity contribution in [3.05, 3.63) is 33.8 Å². The fraction of sp³-hybridized carbons (Fsp3) is 0.462. The van der Waals surface area contributed by atoms with Crippen molar-refractivity contribution in [1.82, 2.24) is 0 Å². The molecule has 0 spiro atoms. The molecule has 2 heteroatoms. The lowest BCUT2D eigenvalue weighted by Gasteiger charge is -2.08. The lowest BCUT2D eigenvalue weighted by atomic mass is 9.98. The van der Waals surface area contributed by atoms with Gasteiger partial charge < -0.3 is 0 Å². The van der Waals surface area contributed by atoms with Crippen LogP contribution in [0.15, 0.2) is 12.1 Å². The number of aryl methyl sites for hydroxylation is 2. The van der Waals surface area contributed by atoms with Crippen LogP contribution in [0.3, 0.4) is 0 Å². The summed E-state index contributed by atoms with van der Waals surface area (Å²) in [4.78, 5) is 11.8. The van der Waals surface area contributed by atoms with Gasteiger partial charge in [-0.25, -0.2) is 0 Å². The van der Waals surface area contributed by atoms with Gasteiger partial charge in [0.25, 0.3) is 0 Å². The Bertz CT molecular complexity index is 357. The Kier molecular flexibility index (Phi) is 3.92. The maximum Gasteiger partial charge on any atom is 0.163 e. The second-order valence-corrected chi connectivity index (χ2v) is 4.82. The number of Topliss-reactive ketones (excluding diaryl/α,β-unsaturated/α-hetero) is 1. The fourth-order valence-electron chi connectivity index (χ4n) is 1.60. The van der Waals surface area contributed by atoms with E-state index in [2.05, 4.69) is 0 Å². The Morgan fingerprint density at radius 2 is 1.73 bits per heavy atom. The minimum absolute atomic E-state index is 0.202. The number of hydrogen-bond acceptors (Lipinski definition) is 1. The first kappa shape index (κ1) is 12.3. The van der Waals surface area contributed by atoms with Crippen molar-refractivity contribution in [2.75, 3.05) is 0 Å². The molecule has 0 saturated heterocycles. The molecule has 0 amide bonds. The largest absolute Gasteiger partial charge is 0.294 e. The molecule has 1 aromatic carbocycles. The van der Waals surface area contributed by atoms with Crippen molar-refractivity contribution in [3.8, 4) is 0 Å². The zero-order valence-electron chi connectivity index (χ0n) is 9.73. The van der Waals surface area contributed by atoms with Crippen LogP contribution in [-0.4, -0.2) is 5.78 Å². The smallest absolute Gasteiger partial charge is 0.163 e. The van der Waals surface area contributed by atoms with Gasteiger partial charge in [0.05, 0.1) is 0 Å². The first-order chi connectivity index (χ1) is 6.91. The lowest BCUT2D eigenvalue weighted by Crippen LogP contribution is -2.04. The molecular weight excluding hydrogens is 208 g/mol. The minimum Gasteiger partial charge on any atom is -0.294 e. The van der Waals surface area contributed by atoms with E-state index in [0.717, 1.165) is 21.7 Å². The van der Waals surface area contributed by atoms with E-state index in [-0.39, 0.29) is 5.78 Å². The van der Waals surface area contributed by atoms with E-state index < -0.39 is 0 Å². The van der Waals surface area contributed by atoms with Gasteiger partial charge in [-0.3, -0.25) is 4.79 Å². The molecule has 0 fully saturated rings. The number of ketones is 1. The predicted molar refractivity (Wildman–Crippen MR) is 64.7 cm³/mol. The third-order valence-electron chi connectivity index (χ3n) is 2.35. The van der Waals surface area contributed by atoms with Crippen LogP contribution in [0, 0.1) is 19.8 Å². The molecule has 0 aromatic heterocycles. The molecule has 0 aliphatic heterocycles. The van der Waals surface area contributed by atoms with Crippen molar-refractivity contribution in [2.45, 2.75) is 34.1 Å². The van der Waals surface area contributed by atoms with Gasteiger partial charge in [-0.15, -0.1) is 0 Å². The molecule has 0 aliphatic carbocycles. The average molecular weight is 225 g/mol. The summed E-state index contributed by atoms with van der Waals surface area (Å²) in [5.41, 5.74) is 2.73. The second-order valence-electron chi connectivity index (χ2n) is 4.45. The molecule has 1 aromatic rings. The van der Waals surface area contributed by atoms with Crippen LogP contribution in [0.1, 0.15) is 41.8 Å². The fourth-order valence-corrected chi connectivity index (χ4v) is 1.70. The van der Waals surface area contributed by atoms with Crippen molar-refractivity contribution in [1.29, 1.82) is 0 Å². The third kappa shape index (κ3) is 3.07. The highest BCUT2D eigenvalue weighted by atomic mass is 35.5. The van der Waals surface area contributed by atoms with E-state index in [9.17, 15) is 4.79 Å². The Morgan fingerprint density at radius 3 is 2.13 bits per heavy atom. The molecule has 0 N–H and O–H groups in total. The molecular formula is C13H17ClO. The maximum atomic E-state index is 11.8. The number of carbonyl (C=O) groups excluding carboxylic acids is 1. The van der Waals surface area contributed by atoms with E-state index >= 15 is 0 Å². The average Bonchev–Trinajstić information content (AvgIpc) is 2.12. The van der Waals surface area contributed by atoms with E-state index in [1.165, 1.54) is 0 Å². The standard InChI is InChI=1S/C13H17ClO/c1-8(2)5-12(15)11-6-9(3)13(14)10(4)7-11/h6-8H,5H2,1-4H3. The summed E-state index contributed by atoms with van der Waals surface area (Å²) in [6.45, 7) is 7.96. The van der Waals surface area contributed by atoms with E-state index in [4.69, 9.17) is 11.6 Å². The number of benzene rings is 1. The number of halogens is 1. The van der Waals surface area contributed by atoms with Gasteiger partial charge in [-0.1, -0.05) is 25.4 Å².